The van der Waals surface area contributed by atoms with Crippen LogP contribution in [0.25, 0.3) is 0 Å². The van der Waals surface area contributed by atoms with E-state index in [0.29, 0.717) is 37.6 Å². The van der Waals surface area contributed by atoms with Gasteiger partial charge in [-0.2, -0.15) is 5.10 Å². The van der Waals surface area contributed by atoms with Crippen molar-refractivity contribution in [2.45, 2.75) is 19.5 Å². The van der Waals surface area contributed by atoms with Crippen LogP contribution in [0.5, 0.6) is 0 Å². The Kier molecular flexibility index (Phi) is 3.03. The molecule has 4 heterocycles. The van der Waals surface area contributed by atoms with E-state index in [1.54, 1.807) is 28.1 Å². The number of aromatic nitrogens is 3. The van der Waals surface area contributed by atoms with Gasteiger partial charge in [-0.1, -0.05) is 5.16 Å². The predicted molar refractivity (Wildman–Crippen MR) is 75.0 cm³/mol. The van der Waals surface area contributed by atoms with Gasteiger partial charge in [0.15, 0.2) is 5.76 Å². The first-order valence-corrected chi connectivity index (χ1v) is 7.07. The minimum absolute atomic E-state index is 0.112. The Morgan fingerprint density at radius 2 is 2.32 bits per heavy atom. The zero-order chi connectivity index (χ0) is 14.9. The lowest BCUT2D eigenvalue weighted by Crippen LogP contribution is -2.35. The Hall–Kier alpha value is -2.83. The molecule has 0 unspecified atom stereocenters. The molecular weight excluding hydrogens is 284 g/mol. The second-order valence-corrected chi connectivity index (χ2v) is 5.23. The fourth-order valence-corrected chi connectivity index (χ4v) is 2.60. The van der Waals surface area contributed by atoms with Crippen LogP contribution in [-0.4, -0.2) is 32.3 Å². The van der Waals surface area contributed by atoms with Gasteiger partial charge in [0.2, 0.25) is 0 Å². The average Bonchev–Trinajstić information content (AvgIpc) is 3.27. The molecule has 0 spiro atoms. The first kappa shape index (κ1) is 12.9. The summed E-state index contributed by atoms with van der Waals surface area (Å²) in [7, 11) is 0. The van der Waals surface area contributed by atoms with Gasteiger partial charge in [0.1, 0.15) is 12.0 Å². The Bertz CT molecular complexity index is 787. The third kappa shape index (κ3) is 2.30. The fraction of sp³-hybridized carbons (Fsp3) is 0.267. The van der Waals surface area contributed by atoms with Crippen molar-refractivity contribution < 1.29 is 13.7 Å². The summed E-state index contributed by atoms with van der Waals surface area (Å²) in [6.45, 7) is 1.64. The van der Waals surface area contributed by atoms with E-state index in [1.165, 1.54) is 0 Å². The number of fused-ring (bicyclic) bond motifs is 1. The molecule has 0 N–H and O–H groups in total. The highest BCUT2D eigenvalue weighted by Gasteiger charge is 2.25. The van der Waals surface area contributed by atoms with Crippen LogP contribution in [0.1, 0.15) is 27.6 Å². The van der Waals surface area contributed by atoms with Crippen molar-refractivity contribution in [1.82, 2.24) is 19.8 Å². The molecule has 0 saturated heterocycles. The number of furan rings is 1. The highest BCUT2D eigenvalue weighted by atomic mass is 16.5. The van der Waals surface area contributed by atoms with Crippen LogP contribution in [0.15, 0.2) is 45.8 Å². The Labute approximate surface area is 126 Å². The highest BCUT2D eigenvalue weighted by molar-refractivity contribution is 5.91. The molecule has 0 atom stereocenters. The molecule has 4 rings (SSSR count). The number of carbonyl (C=O) groups is 1. The lowest BCUT2D eigenvalue weighted by molar-refractivity contribution is 0.0699. The summed E-state index contributed by atoms with van der Waals surface area (Å²) in [5.41, 5.74) is 1.89. The molecule has 3 aromatic rings. The molecule has 112 valence electrons. The number of amides is 1. The monoisotopic (exact) mass is 298 g/mol. The molecule has 0 bridgehead atoms. The van der Waals surface area contributed by atoms with E-state index < -0.39 is 0 Å². The molecular formula is C15H14N4O3. The maximum Gasteiger partial charge on any atom is 0.289 e. The molecule has 0 radical (unpaired) electrons. The van der Waals surface area contributed by atoms with Crippen molar-refractivity contribution in [2.24, 2.45) is 0 Å². The number of carbonyl (C=O) groups excluding carboxylic acids is 1. The smallest absolute Gasteiger partial charge is 0.289 e. The van der Waals surface area contributed by atoms with Crippen LogP contribution in [0.4, 0.5) is 0 Å². The van der Waals surface area contributed by atoms with Crippen molar-refractivity contribution >= 4 is 5.91 Å². The van der Waals surface area contributed by atoms with E-state index in [2.05, 4.69) is 10.3 Å². The molecule has 0 fully saturated rings. The summed E-state index contributed by atoms with van der Waals surface area (Å²) in [4.78, 5) is 14.3. The fourth-order valence-electron chi connectivity index (χ4n) is 2.60. The normalized spacial score (nSPS) is 14.1. The summed E-state index contributed by atoms with van der Waals surface area (Å²) >= 11 is 0. The molecule has 3 aromatic heterocycles. The zero-order valence-corrected chi connectivity index (χ0v) is 11.8. The number of nitrogens with zero attached hydrogens (tertiary/aromatic N) is 4. The van der Waals surface area contributed by atoms with Gasteiger partial charge in [-0.25, -0.2) is 0 Å². The number of hydrogen-bond acceptors (Lipinski definition) is 5. The minimum atomic E-state index is -0.112. The maximum atomic E-state index is 12.5. The lowest BCUT2D eigenvalue weighted by Gasteiger charge is -2.24. The molecule has 1 aliphatic rings. The topological polar surface area (TPSA) is 77.3 Å². The zero-order valence-electron chi connectivity index (χ0n) is 11.8. The van der Waals surface area contributed by atoms with Gasteiger partial charge >= 0.3 is 0 Å². The van der Waals surface area contributed by atoms with Gasteiger partial charge < -0.3 is 13.8 Å². The SMILES string of the molecule is O=C(c1ccc(Cn2cccn2)o1)N1CCc2nocc2C1. The molecule has 22 heavy (non-hydrogen) atoms. The molecule has 1 aliphatic heterocycles. The lowest BCUT2D eigenvalue weighted by atomic mass is 10.1. The number of hydrogen-bond donors (Lipinski definition) is 0. The molecule has 7 nitrogen and oxygen atoms in total. The van der Waals surface area contributed by atoms with Crippen LogP contribution in [0, 0.1) is 0 Å². The van der Waals surface area contributed by atoms with Crippen LogP contribution in [-0.2, 0) is 19.5 Å². The van der Waals surface area contributed by atoms with Gasteiger partial charge in [-0.05, 0) is 18.2 Å². The van der Waals surface area contributed by atoms with Crippen molar-refractivity contribution in [3.63, 3.8) is 0 Å². The summed E-state index contributed by atoms with van der Waals surface area (Å²) < 4.78 is 12.3. The quantitative estimate of drug-likeness (QED) is 0.735. The van der Waals surface area contributed by atoms with E-state index in [1.807, 2.05) is 18.3 Å². The van der Waals surface area contributed by atoms with Crippen LogP contribution in [0.2, 0.25) is 0 Å². The third-order valence-electron chi connectivity index (χ3n) is 3.74. The Morgan fingerprint density at radius 3 is 3.18 bits per heavy atom. The largest absolute Gasteiger partial charge is 0.454 e. The van der Waals surface area contributed by atoms with E-state index >= 15 is 0 Å². The van der Waals surface area contributed by atoms with Crippen molar-refractivity contribution in [1.29, 1.82) is 0 Å². The van der Waals surface area contributed by atoms with Gasteiger partial charge in [0, 0.05) is 30.9 Å². The maximum absolute atomic E-state index is 12.5. The van der Waals surface area contributed by atoms with E-state index in [4.69, 9.17) is 8.94 Å². The minimum Gasteiger partial charge on any atom is -0.454 e. The second kappa shape index (κ2) is 5.18. The van der Waals surface area contributed by atoms with Crippen LogP contribution >= 0.6 is 0 Å². The molecule has 0 saturated carbocycles. The average molecular weight is 298 g/mol. The van der Waals surface area contributed by atoms with Gasteiger partial charge in [-0.3, -0.25) is 9.48 Å². The van der Waals surface area contributed by atoms with Gasteiger partial charge in [0.25, 0.3) is 5.91 Å². The summed E-state index contributed by atoms with van der Waals surface area (Å²) in [6.07, 6.45) is 5.86. The van der Waals surface area contributed by atoms with Crippen molar-refractivity contribution in [2.75, 3.05) is 6.54 Å². The summed E-state index contributed by atoms with van der Waals surface area (Å²) in [5.74, 6) is 0.940. The highest BCUT2D eigenvalue weighted by Crippen LogP contribution is 2.20. The predicted octanol–water partition coefficient (Wildman–Crippen LogP) is 1.71. The Balaban J connectivity index is 1.48. The summed E-state index contributed by atoms with van der Waals surface area (Å²) in [6, 6.07) is 5.37. The molecule has 1 amide bonds. The van der Waals surface area contributed by atoms with Crippen molar-refractivity contribution in [3.05, 3.63) is 59.6 Å². The summed E-state index contributed by atoms with van der Waals surface area (Å²) in [5, 5.41) is 8.04. The van der Waals surface area contributed by atoms with Crippen LogP contribution < -0.4 is 0 Å². The first-order valence-electron chi connectivity index (χ1n) is 7.07. The van der Waals surface area contributed by atoms with Gasteiger partial charge in [-0.15, -0.1) is 0 Å². The van der Waals surface area contributed by atoms with E-state index in [9.17, 15) is 4.79 Å². The molecule has 0 aliphatic carbocycles. The first-order chi connectivity index (χ1) is 10.8. The van der Waals surface area contributed by atoms with Gasteiger partial charge in [0.05, 0.1) is 18.8 Å². The van der Waals surface area contributed by atoms with Crippen molar-refractivity contribution in [3.8, 4) is 0 Å². The Morgan fingerprint density at radius 1 is 1.36 bits per heavy atom. The molecule has 7 heteroatoms. The molecule has 0 aromatic carbocycles. The van der Waals surface area contributed by atoms with E-state index in [0.717, 1.165) is 11.3 Å². The third-order valence-corrected chi connectivity index (χ3v) is 3.74. The van der Waals surface area contributed by atoms with E-state index in [-0.39, 0.29) is 5.91 Å². The number of rotatable bonds is 3. The standard InChI is InChI=1S/C15H14N4O3/c20-15(18-7-4-13-11(8-18)10-21-17-13)14-3-2-12(22-14)9-19-6-1-5-16-19/h1-3,5-6,10H,4,7-9H2. The second-order valence-electron chi connectivity index (χ2n) is 5.23. The van der Waals surface area contributed by atoms with Crippen LogP contribution in [0.3, 0.4) is 0 Å².